The summed E-state index contributed by atoms with van der Waals surface area (Å²) in [5, 5.41) is 8.14. The van der Waals surface area contributed by atoms with Crippen LogP contribution in [0.25, 0.3) is 33.5 Å². The van der Waals surface area contributed by atoms with E-state index in [2.05, 4.69) is 60.1 Å². The Hall–Kier alpha value is -8.26. The van der Waals surface area contributed by atoms with Crippen LogP contribution < -0.4 is 25.6 Å². The maximum atomic E-state index is 15.7. The van der Waals surface area contributed by atoms with Crippen molar-refractivity contribution < 1.29 is 51.8 Å². The lowest BCUT2D eigenvalue weighted by Gasteiger charge is -2.47. The molecule has 0 unspecified atom stereocenters. The maximum Gasteiger partial charge on any atom is 0.407 e. The number of hydrogen-bond acceptors (Lipinski definition) is 12. The molecular formula is C60H67F2N9O9. The second-order valence-corrected chi connectivity index (χ2v) is 22.3. The Morgan fingerprint density at radius 3 is 2.24 bits per heavy atom. The van der Waals surface area contributed by atoms with Crippen molar-refractivity contribution in [3.8, 4) is 28.3 Å². The van der Waals surface area contributed by atoms with E-state index in [1.807, 2.05) is 11.0 Å². The number of methoxy groups -OCH3 is 1. The predicted octanol–water partition coefficient (Wildman–Crippen LogP) is 9.84. The molecule has 420 valence electrons. The molecule has 9 rings (SSSR count). The third kappa shape index (κ3) is 12.9. The Bertz CT molecular complexity index is 3360. The number of carbonyl (C=O) groups excluding carboxylic acids is 6. The van der Waals surface area contributed by atoms with E-state index < -0.39 is 46.8 Å². The molecule has 0 radical (unpaired) electrons. The highest BCUT2D eigenvalue weighted by molar-refractivity contribution is 6.08. The summed E-state index contributed by atoms with van der Waals surface area (Å²) >= 11 is 0. The Morgan fingerprint density at radius 2 is 1.55 bits per heavy atom. The van der Waals surface area contributed by atoms with Crippen LogP contribution in [-0.4, -0.2) is 119 Å². The molecule has 3 fully saturated rings. The molecule has 3 aliphatic rings. The van der Waals surface area contributed by atoms with Crippen LogP contribution in [0.2, 0.25) is 0 Å². The van der Waals surface area contributed by atoms with E-state index in [9.17, 15) is 28.8 Å². The summed E-state index contributed by atoms with van der Waals surface area (Å²) in [7, 11) is 1.51. The van der Waals surface area contributed by atoms with Gasteiger partial charge in [0.2, 0.25) is 5.91 Å². The number of ether oxygens (including phenoxy) is 3. The lowest BCUT2D eigenvalue weighted by molar-refractivity contribution is -0.157. The highest BCUT2D eigenvalue weighted by Crippen LogP contribution is 2.42. The Labute approximate surface area is 462 Å². The number of anilines is 2. The van der Waals surface area contributed by atoms with Crippen molar-refractivity contribution in [3.05, 3.63) is 125 Å². The van der Waals surface area contributed by atoms with Crippen molar-refractivity contribution in [1.82, 2.24) is 35.4 Å². The number of aromatic nitrogens is 3. The fraction of sp³-hybridized carbons (Fsp3) is 0.400. The largest absolute Gasteiger partial charge is 0.495 e. The Kier molecular flexibility index (Phi) is 16.4. The van der Waals surface area contributed by atoms with E-state index in [1.54, 1.807) is 59.7 Å². The SMILES string of the molecule is COc1ccc(C(=O)N2CCC3(CCN(CCc4ccc(-c5cc6c(-c7cc(F)cc(NC(=O)c8ccc(C(C)(C)OC(=O)CCNC(=O)OC(C)(C)C)cc8F)c7C)ncnc6[nH]5)cc4)CC3)CC2)cc1N1CCC(=O)NC1=O. The number of halogens is 2. The zero-order chi connectivity index (χ0) is 57.1. The number of alkyl carbamates (subject to hydrolysis) is 1. The van der Waals surface area contributed by atoms with Crippen LogP contribution >= 0.6 is 0 Å². The number of piperidine rings is 2. The van der Waals surface area contributed by atoms with Gasteiger partial charge in [-0.05, 0) is 163 Å². The molecule has 3 aliphatic heterocycles. The van der Waals surface area contributed by atoms with Crippen molar-refractivity contribution in [2.75, 3.05) is 63.1 Å². The van der Waals surface area contributed by atoms with E-state index in [1.165, 1.54) is 42.1 Å². The van der Waals surface area contributed by atoms with Gasteiger partial charge in [-0.25, -0.2) is 28.3 Å². The number of amides is 6. The van der Waals surface area contributed by atoms with Crippen LogP contribution in [0, 0.1) is 24.0 Å². The highest BCUT2D eigenvalue weighted by Gasteiger charge is 2.39. The molecule has 4 N–H and O–H groups in total. The number of aromatic amines is 1. The van der Waals surface area contributed by atoms with Gasteiger partial charge in [0.25, 0.3) is 11.8 Å². The highest BCUT2D eigenvalue weighted by atomic mass is 19.1. The smallest absolute Gasteiger partial charge is 0.407 e. The third-order valence-corrected chi connectivity index (χ3v) is 15.4. The van der Waals surface area contributed by atoms with Crippen molar-refractivity contribution in [2.45, 2.75) is 97.7 Å². The first-order valence-electron chi connectivity index (χ1n) is 26.9. The summed E-state index contributed by atoms with van der Waals surface area (Å²) in [4.78, 5) is 94.6. The van der Waals surface area contributed by atoms with Crippen LogP contribution in [0.3, 0.4) is 0 Å². The van der Waals surface area contributed by atoms with Gasteiger partial charge in [0.15, 0.2) is 0 Å². The van der Waals surface area contributed by atoms with E-state index in [0.717, 1.165) is 75.1 Å². The molecular weight excluding hydrogens is 1030 g/mol. The van der Waals surface area contributed by atoms with Gasteiger partial charge >= 0.3 is 18.1 Å². The topological polar surface area (TPSA) is 217 Å². The molecule has 3 saturated heterocycles. The molecule has 20 heteroatoms. The van der Waals surface area contributed by atoms with E-state index >= 15 is 8.78 Å². The summed E-state index contributed by atoms with van der Waals surface area (Å²) in [6, 6.07) is 21.2. The average Bonchev–Trinajstić information content (AvgIpc) is 3.88. The third-order valence-electron chi connectivity index (χ3n) is 15.4. The minimum atomic E-state index is -1.29. The fourth-order valence-corrected chi connectivity index (χ4v) is 10.7. The standard InChI is InChI=1S/C60H67F2N9O9/c1-36-43(32-41(61)33-46(36)67-54(74)42-14-13-40(31-45(42)62)59(5,6)79-51(73)16-23-63-57(77)80-58(2,3)4)52-44-34-47(66-53(44)65-35-64-52)38-10-8-37(9-11-38)17-24-69-26-19-60(20-27-69)21-28-70(29-22-60)55(75)39-12-15-49(78-7)48(30-39)71-25-18-50(72)68-56(71)76/h8-15,30-35H,16-29H2,1-7H3,(H,63,77)(H,67,74)(H,64,65,66)(H,68,72,76). The van der Waals surface area contributed by atoms with Gasteiger partial charge in [0.05, 0.1) is 30.5 Å². The number of likely N-dealkylation sites (tertiary alicyclic amines) is 2. The van der Waals surface area contributed by atoms with E-state index in [-0.39, 0.29) is 60.0 Å². The van der Waals surface area contributed by atoms with Crippen molar-refractivity contribution in [1.29, 1.82) is 0 Å². The Balaban J connectivity index is 0.775. The minimum Gasteiger partial charge on any atom is -0.495 e. The van der Waals surface area contributed by atoms with Crippen LogP contribution in [-0.2, 0) is 31.1 Å². The van der Waals surface area contributed by atoms with Crippen LogP contribution in [0.15, 0.2) is 85.2 Å². The molecule has 0 saturated carbocycles. The molecule has 4 aromatic carbocycles. The normalized spacial score (nSPS) is 15.9. The average molecular weight is 1100 g/mol. The monoisotopic (exact) mass is 1100 g/mol. The van der Waals surface area contributed by atoms with Gasteiger partial charge in [-0.2, -0.15) is 0 Å². The maximum absolute atomic E-state index is 15.7. The number of fused-ring (bicyclic) bond motifs is 1. The minimum absolute atomic E-state index is 0.0310. The summed E-state index contributed by atoms with van der Waals surface area (Å²) in [5.74, 6) is -2.95. The van der Waals surface area contributed by atoms with Crippen LogP contribution in [0.1, 0.15) is 111 Å². The predicted molar refractivity (Wildman–Crippen MR) is 297 cm³/mol. The van der Waals surface area contributed by atoms with E-state index in [4.69, 9.17) is 14.2 Å². The number of nitrogens with zero attached hydrogens (tertiary/aromatic N) is 5. The van der Waals surface area contributed by atoms with Gasteiger partial charge in [-0.15, -0.1) is 0 Å². The summed E-state index contributed by atoms with van der Waals surface area (Å²) in [6.07, 6.45) is 5.59. The molecule has 2 aromatic heterocycles. The number of imide groups is 1. The summed E-state index contributed by atoms with van der Waals surface area (Å²) in [6.45, 7) is 14.4. The van der Waals surface area contributed by atoms with Gasteiger partial charge in [-0.1, -0.05) is 30.3 Å². The summed E-state index contributed by atoms with van der Waals surface area (Å²) in [5.41, 5.74) is 4.01. The number of carbonyl (C=O) groups is 6. The number of benzene rings is 4. The summed E-state index contributed by atoms with van der Waals surface area (Å²) < 4.78 is 47.4. The van der Waals surface area contributed by atoms with Crippen molar-refractivity contribution in [2.24, 2.45) is 5.41 Å². The molecule has 0 aliphatic carbocycles. The molecule has 6 amide bonds. The second-order valence-electron chi connectivity index (χ2n) is 22.3. The second kappa shape index (κ2) is 23.2. The van der Waals surface area contributed by atoms with Gasteiger partial charge in [-0.3, -0.25) is 29.4 Å². The molecule has 1 spiro atoms. The number of esters is 1. The molecule has 5 heterocycles. The molecule has 80 heavy (non-hydrogen) atoms. The molecule has 0 bridgehead atoms. The lowest BCUT2D eigenvalue weighted by Crippen LogP contribution is -2.50. The first-order chi connectivity index (χ1) is 38.1. The van der Waals surface area contributed by atoms with E-state index in [0.29, 0.717) is 57.9 Å². The van der Waals surface area contributed by atoms with Gasteiger partial charge in [0.1, 0.15) is 40.6 Å². The zero-order valence-electron chi connectivity index (χ0n) is 46.1. The van der Waals surface area contributed by atoms with Crippen molar-refractivity contribution >= 4 is 58.2 Å². The molecule has 18 nitrogen and oxygen atoms in total. The van der Waals surface area contributed by atoms with Crippen LogP contribution in [0.5, 0.6) is 5.75 Å². The fourth-order valence-electron chi connectivity index (χ4n) is 10.7. The van der Waals surface area contributed by atoms with Crippen molar-refractivity contribution in [3.63, 3.8) is 0 Å². The first kappa shape index (κ1) is 56.5. The van der Waals surface area contributed by atoms with Gasteiger partial charge < -0.3 is 39.6 Å². The zero-order valence-corrected chi connectivity index (χ0v) is 46.1. The number of rotatable bonds is 15. The molecule has 6 aromatic rings. The van der Waals surface area contributed by atoms with Crippen LogP contribution in [0.4, 0.5) is 29.7 Å². The first-order valence-corrected chi connectivity index (χ1v) is 26.9. The molecule has 0 atom stereocenters. The number of H-pyrrole nitrogens is 1. The number of urea groups is 1. The quantitative estimate of drug-likeness (QED) is 0.0707. The lowest BCUT2D eigenvalue weighted by atomic mass is 9.71. The Morgan fingerprint density at radius 1 is 0.825 bits per heavy atom. The number of nitrogens with one attached hydrogen (secondary N) is 4. The van der Waals surface area contributed by atoms with Gasteiger partial charge in [0, 0.05) is 67.0 Å². The number of hydrogen-bond donors (Lipinski definition) is 4.